The van der Waals surface area contributed by atoms with E-state index in [2.05, 4.69) is 0 Å². The Labute approximate surface area is 415 Å². The summed E-state index contributed by atoms with van der Waals surface area (Å²) in [6, 6.07) is 50.3. The second-order valence-electron chi connectivity index (χ2n) is 15.9. The summed E-state index contributed by atoms with van der Waals surface area (Å²) in [4.78, 5) is 24.2. The van der Waals surface area contributed by atoms with Gasteiger partial charge in [0.05, 0.1) is 46.1 Å². The number of carbonyl (C=O) groups is 2. The van der Waals surface area contributed by atoms with Crippen molar-refractivity contribution < 1.29 is 62.4 Å². The molecule has 7 aromatic carbocycles. The van der Waals surface area contributed by atoms with Crippen LogP contribution in [0.2, 0.25) is 0 Å². The largest absolute Gasteiger partial charge is 0.508 e. The Kier molecular flexibility index (Phi) is 21.5. The monoisotopic (exact) mass is 964 g/mol. The Bertz CT molecular complexity index is 2610. The molecule has 2 N–H and O–H groups in total. The lowest BCUT2D eigenvalue weighted by Gasteiger charge is -2.13. The summed E-state index contributed by atoms with van der Waals surface area (Å²) in [5.41, 5.74) is 8.52. The predicted octanol–water partition coefficient (Wildman–Crippen LogP) is 11.7. The molecule has 7 aromatic rings. The van der Waals surface area contributed by atoms with E-state index in [-0.39, 0.29) is 50.1 Å². The molecule has 0 aliphatic carbocycles. The molecule has 0 spiro atoms. The van der Waals surface area contributed by atoms with Crippen LogP contribution >= 0.6 is 0 Å². The van der Waals surface area contributed by atoms with Gasteiger partial charge in [0.1, 0.15) is 34.5 Å². The van der Waals surface area contributed by atoms with Gasteiger partial charge in [0.25, 0.3) is 0 Å². The molecule has 0 aliphatic heterocycles. The fraction of sp³-hybridized carbons (Fsp3) is 0.241. The summed E-state index contributed by atoms with van der Waals surface area (Å²) < 4.78 is 49.0. The Balaban J connectivity index is 0.000000261. The Morgan fingerprint density at radius 2 is 0.803 bits per heavy atom. The highest BCUT2D eigenvalue weighted by Crippen LogP contribution is 2.35. The van der Waals surface area contributed by atoms with Crippen molar-refractivity contribution >= 4 is 11.9 Å². The highest BCUT2D eigenvalue weighted by Gasteiger charge is 2.12. The SMILES string of the molecule is CCCC(=O)Oc1ccc(-c2cc(OCOCCOC)cc(-c3ccc(OC(=O)CCOCc4ccccc4)cc3)c2)cc1.COCCOCOc1cc(-c2ccc(O)cc2)cc(-c2ccc(O)cc2)c1. The van der Waals surface area contributed by atoms with Crippen molar-refractivity contribution in [3.63, 3.8) is 0 Å². The molecule has 0 unspecified atom stereocenters. The quantitative estimate of drug-likeness (QED) is 0.0242. The zero-order valence-corrected chi connectivity index (χ0v) is 40.3. The van der Waals surface area contributed by atoms with Gasteiger partial charge in [-0.25, -0.2) is 0 Å². The van der Waals surface area contributed by atoms with Crippen molar-refractivity contribution in [2.24, 2.45) is 0 Å². The molecule has 370 valence electrons. The number of aromatic hydroxyl groups is 2. The Hall–Kier alpha value is -7.52. The van der Waals surface area contributed by atoms with Crippen molar-refractivity contribution in [2.45, 2.75) is 32.8 Å². The van der Waals surface area contributed by atoms with Gasteiger partial charge in [-0.2, -0.15) is 0 Å². The Morgan fingerprint density at radius 1 is 0.408 bits per heavy atom. The molecule has 0 saturated carbocycles. The van der Waals surface area contributed by atoms with Gasteiger partial charge in [0.15, 0.2) is 13.6 Å². The first-order chi connectivity index (χ1) is 34.7. The molecular formula is C58H60O13. The average molecular weight is 965 g/mol. The van der Waals surface area contributed by atoms with E-state index in [9.17, 15) is 19.8 Å². The van der Waals surface area contributed by atoms with Crippen LogP contribution < -0.4 is 18.9 Å². The molecule has 13 heteroatoms. The van der Waals surface area contributed by atoms with Crippen molar-refractivity contribution in [3.05, 3.63) is 169 Å². The predicted molar refractivity (Wildman–Crippen MR) is 271 cm³/mol. The molecule has 0 fully saturated rings. The van der Waals surface area contributed by atoms with Crippen molar-refractivity contribution in [1.82, 2.24) is 0 Å². The van der Waals surface area contributed by atoms with Crippen molar-refractivity contribution in [2.75, 3.05) is 60.8 Å². The van der Waals surface area contributed by atoms with Gasteiger partial charge in [-0.05, 0) is 141 Å². The lowest BCUT2D eigenvalue weighted by atomic mass is 9.98. The van der Waals surface area contributed by atoms with Gasteiger partial charge in [-0.1, -0.05) is 85.8 Å². The van der Waals surface area contributed by atoms with Crippen LogP contribution in [0.25, 0.3) is 44.5 Å². The van der Waals surface area contributed by atoms with Gasteiger partial charge in [-0.3, -0.25) is 9.59 Å². The molecule has 0 saturated heterocycles. The van der Waals surface area contributed by atoms with Crippen molar-refractivity contribution in [3.8, 4) is 79.0 Å². The molecule has 0 radical (unpaired) electrons. The van der Waals surface area contributed by atoms with Crippen LogP contribution in [0.3, 0.4) is 0 Å². The van der Waals surface area contributed by atoms with Crippen LogP contribution in [0, 0.1) is 0 Å². The number of carbonyl (C=O) groups excluding carboxylic acids is 2. The third kappa shape index (κ3) is 18.1. The smallest absolute Gasteiger partial charge is 0.313 e. The second-order valence-corrected chi connectivity index (χ2v) is 15.9. The minimum absolute atomic E-state index is 0.0719. The van der Waals surface area contributed by atoms with E-state index in [1.165, 1.54) is 0 Å². The summed E-state index contributed by atoms with van der Waals surface area (Å²) in [7, 11) is 3.24. The minimum atomic E-state index is -0.360. The van der Waals surface area contributed by atoms with E-state index in [1.807, 2.05) is 122 Å². The third-order valence-electron chi connectivity index (χ3n) is 10.6. The van der Waals surface area contributed by atoms with Gasteiger partial charge >= 0.3 is 11.9 Å². The number of esters is 2. The fourth-order valence-electron chi connectivity index (χ4n) is 6.88. The van der Waals surface area contributed by atoms with Crippen LogP contribution in [0.15, 0.2) is 164 Å². The molecule has 71 heavy (non-hydrogen) atoms. The molecule has 13 nitrogen and oxygen atoms in total. The van der Waals surface area contributed by atoms with E-state index in [1.54, 1.807) is 62.8 Å². The zero-order valence-electron chi connectivity index (χ0n) is 40.3. The fourth-order valence-corrected chi connectivity index (χ4v) is 6.88. The summed E-state index contributed by atoms with van der Waals surface area (Å²) in [6.45, 7) is 4.71. The number of benzene rings is 7. The molecular weight excluding hydrogens is 905 g/mol. The molecule has 0 bridgehead atoms. The number of hydrogen-bond donors (Lipinski definition) is 2. The summed E-state index contributed by atoms with van der Waals surface area (Å²) >= 11 is 0. The van der Waals surface area contributed by atoms with E-state index < -0.39 is 0 Å². The minimum Gasteiger partial charge on any atom is -0.508 e. The Morgan fingerprint density at radius 3 is 1.20 bits per heavy atom. The number of hydrogen-bond acceptors (Lipinski definition) is 13. The van der Waals surface area contributed by atoms with Gasteiger partial charge in [-0.15, -0.1) is 0 Å². The number of methoxy groups -OCH3 is 2. The highest BCUT2D eigenvalue weighted by molar-refractivity contribution is 5.78. The maximum Gasteiger partial charge on any atom is 0.313 e. The highest BCUT2D eigenvalue weighted by atomic mass is 16.7. The molecule has 0 atom stereocenters. The summed E-state index contributed by atoms with van der Waals surface area (Å²) in [5, 5.41) is 19.1. The number of phenols is 2. The number of phenolic OH excluding ortho intramolecular Hbond substituents is 2. The van der Waals surface area contributed by atoms with Gasteiger partial charge < -0.3 is 52.8 Å². The molecule has 0 heterocycles. The van der Waals surface area contributed by atoms with E-state index in [0.717, 1.165) is 56.5 Å². The van der Waals surface area contributed by atoms with Crippen molar-refractivity contribution in [1.29, 1.82) is 0 Å². The van der Waals surface area contributed by atoms with E-state index in [4.69, 9.17) is 42.6 Å². The lowest BCUT2D eigenvalue weighted by molar-refractivity contribution is -0.136. The van der Waals surface area contributed by atoms with Crippen LogP contribution in [0.4, 0.5) is 0 Å². The second kappa shape index (κ2) is 28.8. The first kappa shape index (κ1) is 52.8. The third-order valence-corrected chi connectivity index (χ3v) is 10.6. The van der Waals surface area contributed by atoms with Crippen LogP contribution in [-0.4, -0.2) is 83.0 Å². The first-order valence-corrected chi connectivity index (χ1v) is 23.2. The molecule has 0 aliphatic rings. The summed E-state index contributed by atoms with van der Waals surface area (Å²) in [5.74, 6) is 2.07. The summed E-state index contributed by atoms with van der Waals surface area (Å²) in [6.07, 6.45) is 1.26. The lowest BCUT2D eigenvalue weighted by Crippen LogP contribution is -2.11. The maximum absolute atomic E-state index is 12.3. The number of rotatable bonds is 25. The van der Waals surface area contributed by atoms with Crippen LogP contribution in [-0.2, 0) is 39.9 Å². The molecule has 0 amide bonds. The molecule has 7 rings (SSSR count). The van der Waals surface area contributed by atoms with Gasteiger partial charge in [0, 0.05) is 20.6 Å². The first-order valence-electron chi connectivity index (χ1n) is 23.2. The van der Waals surface area contributed by atoms with E-state index >= 15 is 0 Å². The topological polar surface area (TPSA) is 158 Å². The van der Waals surface area contributed by atoms with Crippen LogP contribution in [0.5, 0.6) is 34.5 Å². The maximum atomic E-state index is 12.3. The molecule has 0 aromatic heterocycles. The average Bonchev–Trinajstić information content (AvgIpc) is 3.39. The van der Waals surface area contributed by atoms with E-state index in [0.29, 0.717) is 62.5 Å². The normalized spacial score (nSPS) is 10.7. The zero-order chi connectivity index (χ0) is 50.0. The van der Waals surface area contributed by atoms with Crippen LogP contribution in [0.1, 0.15) is 31.7 Å². The standard InChI is InChI=1S/C36H38O8.C22H22O5/c1-3-7-35(37)43-32-14-10-28(11-15-32)30-22-31(24-34(23-30)42-26-41-21-20-39-2)29-12-16-33(17-13-29)44-36(38)18-19-40-25-27-8-5-4-6-9-27;1-25-10-11-26-15-27-22-13-18(16-2-6-20(23)7-3-16)12-19(14-22)17-4-8-21(24)9-5-17/h4-6,8-17,22-24H,3,7,18-21,25-26H2,1-2H3;2-9,12-14,23-24H,10-11,15H2,1H3. The number of ether oxygens (including phenoxy) is 9. The van der Waals surface area contributed by atoms with Gasteiger partial charge in [0.2, 0.25) is 0 Å².